The first-order valence-electron chi connectivity index (χ1n) is 9.67. The van der Waals surface area contributed by atoms with Crippen molar-refractivity contribution in [3.05, 3.63) is 59.3 Å². The molecule has 0 radical (unpaired) electrons. The highest BCUT2D eigenvalue weighted by Gasteiger charge is 2.47. The zero-order chi connectivity index (χ0) is 25.5. The third-order valence-corrected chi connectivity index (χ3v) is 4.84. The van der Waals surface area contributed by atoms with Crippen molar-refractivity contribution < 1.29 is 31.5 Å². The van der Waals surface area contributed by atoms with Gasteiger partial charge in [-0.1, -0.05) is 18.2 Å². The molecule has 6 N–H and O–H groups in total. The van der Waals surface area contributed by atoms with Crippen molar-refractivity contribution in [1.82, 2.24) is 24.7 Å². The van der Waals surface area contributed by atoms with Gasteiger partial charge in [0.25, 0.3) is 0 Å². The standard InChI is InChI=1S/C20H15F5N8O2/c21-9-5-10-13(32-33(18(10)29-6-9)7-8-3-1-2-4-11(8)22)17-30-15(26)12(16(27)31-17)14(20(23,24)25)35-19(28)34/h1-6,14H,7H2,(H2,28,34)(H4,26,27,30,31). The summed E-state index contributed by atoms with van der Waals surface area (Å²) in [6.45, 7) is -0.118. The van der Waals surface area contributed by atoms with Crippen LogP contribution in [0.4, 0.5) is 38.4 Å². The molecule has 0 saturated heterocycles. The van der Waals surface area contributed by atoms with Crippen LogP contribution in [-0.2, 0) is 11.3 Å². The molecule has 0 aliphatic carbocycles. The summed E-state index contributed by atoms with van der Waals surface area (Å²) >= 11 is 0. The number of benzene rings is 1. The summed E-state index contributed by atoms with van der Waals surface area (Å²) in [5.74, 6) is -3.21. The number of hydrogen-bond donors (Lipinski definition) is 3. The molecule has 1 aromatic carbocycles. The number of hydrogen-bond acceptors (Lipinski definition) is 8. The highest BCUT2D eigenvalue weighted by Crippen LogP contribution is 2.41. The zero-order valence-electron chi connectivity index (χ0n) is 17.4. The summed E-state index contributed by atoms with van der Waals surface area (Å²) in [6.07, 6.45) is -8.88. The quantitative estimate of drug-likeness (QED) is 0.357. The number of primary amides is 1. The van der Waals surface area contributed by atoms with E-state index < -0.39 is 47.2 Å². The Bertz CT molecular complexity index is 1420. The summed E-state index contributed by atoms with van der Waals surface area (Å²) in [5, 5.41) is 4.31. The average Bonchev–Trinajstić information content (AvgIpc) is 3.10. The van der Waals surface area contributed by atoms with E-state index in [1.807, 2.05) is 0 Å². The number of alkyl halides is 3. The van der Waals surface area contributed by atoms with Crippen molar-refractivity contribution in [3.63, 3.8) is 0 Å². The number of anilines is 2. The van der Waals surface area contributed by atoms with Crippen molar-refractivity contribution >= 4 is 28.8 Å². The number of carbonyl (C=O) groups excluding carboxylic acids is 1. The van der Waals surface area contributed by atoms with Gasteiger partial charge in [-0.3, -0.25) is 0 Å². The van der Waals surface area contributed by atoms with E-state index >= 15 is 0 Å². The van der Waals surface area contributed by atoms with Gasteiger partial charge in [-0.15, -0.1) is 0 Å². The van der Waals surface area contributed by atoms with Crippen molar-refractivity contribution in [2.45, 2.75) is 18.8 Å². The van der Waals surface area contributed by atoms with Crippen molar-refractivity contribution in [1.29, 1.82) is 0 Å². The Balaban J connectivity index is 1.86. The molecule has 0 saturated carbocycles. The lowest BCUT2D eigenvalue weighted by Gasteiger charge is -2.22. The molecule has 4 rings (SSSR count). The molecule has 0 fully saturated rings. The smallest absolute Gasteiger partial charge is 0.430 e. The van der Waals surface area contributed by atoms with Crippen LogP contribution >= 0.6 is 0 Å². The molecule has 0 bridgehead atoms. The van der Waals surface area contributed by atoms with Gasteiger partial charge in [0.2, 0.25) is 6.10 Å². The van der Waals surface area contributed by atoms with Crippen LogP contribution in [-0.4, -0.2) is 37.0 Å². The molecule has 0 aliphatic heterocycles. The van der Waals surface area contributed by atoms with E-state index in [-0.39, 0.29) is 34.7 Å². The third kappa shape index (κ3) is 4.60. The number of fused-ring (bicyclic) bond motifs is 1. The van der Waals surface area contributed by atoms with E-state index in [4.69, 9.17) is 17.2 Å². The van der Waals surface area contributed by atoms with E-state index in [1.165, 1.54) is 22.9 Å². The van der Waals surface area contributed by atoms with E-state index in [0.717, 1.165) is 12.3 Å². The van der Waals surface area contributed by atoms with Gasteiger partial charge in [0.1, 0.15) is 29.0 Å². The van der Waals surface area contributed by atoms with Crippen LogP contribution in [0.1, 0.15) is 17.2 Å². The summed E-state index contributed by atoms with van der Waals surface area (Å²) < 4.78 is 73.9. The average molecular weight is 494 g/mol. The monoisotopic (exact) mass is 494 g/mol. The molecule has 4 aromatic rings. The fourth-order valence-corrected chi connectivity index (χ4v) is 3.38. The van der Waals surface area contributed by atoms with Gasteiger partial charge in [0.15, 0.2) is 11.5 Å². The van der Waals surface area contributed by atoms with E-state index in [0.29, 0.717) is 0 Å². The van der Waals surface area contributed by atoms with Crippen LogP contribution in [0.15, 0.2) is 36.5 Å². The number of pyridine rings is 1. The second-order valence-corrected chi connectivity index (χ2v) is 7.21. The van der Waals surface area contributed by atoms with Gasteiger partial charge in [0, 0.05) is 5.56 Å². The number of ether oxygens (including phenoxy) is 1. The topological polar surface area (TPSA) is 161 Å². The minimum Gasteiger partial charge on any atom is -0.431 e. The van der Waals surface area contributed by atoms with Crippen LogP contribution in [0.25, 0.3) is 22.6 Å². The molecule has 3 aromatic heterocycles. The van der Waals surface area contributed by atoms with E-state index in [9.17, 15) is 26.7 Å². The lowest BCUT2D eigenvalue weighted by molar-refractivity contribution is -0.205. The molecule has 10 nitrogen and oxygen atoms in total. The Morgan fingerprint density at radius 2 is 1.77 bits per heavy atom. The number of halogens is 5. The SMILES string of the molecule is NC(=O)OC(c1c(N)nc(-c2nn(Cc3ccccc3F)c3ncc(F)cc23)nc1N)C(F)(F)F. The third-order valence-electron chi connectivity index (χ3n) is 4.84. The molecule has 1 atom stereocenters. The van der Waals surface area contributed by atoms with Gasteiger partial charge >= 0.3 is 12.3 Å². The van der Waals surface area contributed by atoms with Crippen LogP contribution in [0, 0.1) is 11.6 Å². The maximum atomic E-state index is 14.2. The molecule has 1 unspecified atom stereocenters. The molecular formula is C20H15F5N8O2. The van der Waals surface area contributed by atoms with Crippen LogP contribution in [0.2, 0.25) is 0 Å². The number of nitrogens with two attached hydrogens (primary N) is 3. The Morgan fingerprint density at radius 1 is 1.11 bits per heavy atom. The number of carbonyl (C=O) groups is 1. The van der Waals surface area contributed by atoms with Crippen molar-refractivity contribution in [3.8, 4) is 11.5 Å². The molecular weight excluding hydrogens is 479 g/mol. The lowest BCUT2D eigenvalue weighted by Crippen LogP contribution is -2.30. The predicted octanol–water partition coefficient (Wildman–Crippen LogP) is 3.08. The zero-order valence-corrected chi connectivity index (χ0v) is 17.4. The Hall–Kier alpha value is -4.56. The van der Waals surface area contributed by atoms with Crippen molar-refractivity contribution in [2.24, 2.45) is 5.73 Å². The Morgan fingerprint density at radius 3 is 2.37 bits per heavy atom. The molecule has 0 aliphatic rings. The summed E-state index contributed by atoms with van der Waals surface area (Å²) in [6, 6.07) is 6.89. The lowest BCUT2D eigenvalue weighted by atomic mass is 10.1. The summed E-state index contributed by atoms with van der Waals surface area (Å²) in [5.41, 5.74) is 15.5. The largest absolute Gasteiger partial charge is 0.431 e. The van der Waals surface area contributed by atoms with Crippen LogP contribution < -0.4 is 17.2 Å². The number of nitrogens with zero attached hydrogens (tertiary/aromatic N) is 5. The van der Waals surface area contributed by atoms with Gasteiger partial charge in [-0.25, -0.2) is 33.2 Å². The minimum atomic E-state index is -5.14. The first kappa shape index (κ1) is 23.6. The van der Waals surface area contributed by atoms with Crippen LogP contribution in [0.5, 0.6) is 0 Å². The highest BCUT2D eigenvalue weighted by atomic mass is 19.4. The number of aromatic nitrogens is 5. The number of rotatable bonds is 5. The minimum absolute atomic E-state index is 0.0636. The molecule has 1 amide bonds. The Labute approximate surface area is 192 Å². The normalized spacial score (nSPS) is 12.6. The second kappa shape index (κ2) is 8.66. The van der Waals surface area contributed by atoms with Gasteiger partial charge in [-0.2, -0.15) is 18.3 Å². The summed E-state index contributed by atoms with van der Waals surface area (Å²) in [7, 11) is 0. The van der Waals surface area contributed by atoms with Crippen molar-refractivity contribution in [2.75, 3.05) is 11.5 Å². The molecule has 0 spiro atoms. The van der Waals surface area contributed by atoms with Gasteiger partial charge in [-0.05, 0) is 12.1 Å². The fourth-order valence-electron chi connectivity index (χ4n) is 3.38. The molecule has 15 heteroatoms. The maximum Gasteiger partial charge on any atom is 0.430 e. The Kier molecular flexibility index (Phi) is 5.84. The molecule has 3 heterocycles. The maximum absolute atomic E-state index is 14.2. The first-order chi connectivity index (χ1) is 16.5. The second-order valence-electron chi connectivity index (χ2n) is 7.21. The van der Waals surface area contributed by atoms with E-state index in [1.54, 1.807) is 6.07 Å². The van der Waals surface area contributed by atoms with Gasteiger partial charge < -0.3 is 21.9 Å². The number of amides is 1. The fraction of sp³-hybridized carbons (Fsp3) is 0.150. The molecule has 35 heavy (non-hydrogen) atoms. The van der Waals surface area contributed by atoms with Crippen LogP contribution in [0.3, 0.4) is 0 Å². The summed E-state index contributed by atoms with van der Waals surface area (Å²) in [4.78, 5) is 22.6. The molecule has 182 valence electrons. The predicted molar refractivity (Wildman–Crippen MR) is 112 cm³/mol. The number of nitrogen functional groups attached to an aromatic ring is 2. The first-order valence-corrected chi connectivity index (χ1v) is 9.67. The van der Waals surface area contributed by atoms with E-state index in [2.05, 4.69) is 24.8 Å². The highest BCUT2D eigenvalue weighted by molar-refractivity contribution is 5.89. The van der Waals surface area contributed by atoms with Gasteiger partial charge in [0.05, 0.1) is 23.7 Å².